The lowest BCUT2D eigenvalue weighted by Gasteiger charge is -2.24. The third kappa shape index (κ3) is 5.45. The molecule has 0 aliphatic heterocycles. The Morgan fingerprint density at radius 2 is 1.44 bits per heavy atom. The van der Waals surface area contributed by atoms with Crippen molar-refractivity contribution < 1.29 is 23.7 Å². The van der Waals surface area contributed by atoms with Crippen molar-refractivity contribution in [3.8, 4) is 22.6 Å². The molecule has 2 rings (SSSR count). The fraction of sp³-hybridized carbons (Fsp3) is 0.455. The van der Waals surface area contributed by atoms with Crippen LogP contribution in [-0.2, 0) is 20.6 Å². The zero-order valence-electron chi connectivity index (χ0n) is 16.9. The van der Waals surface area contributed by atoms with Crippen molar-refractivity contribution in [2.24, 2.45) is 0 Å². The highest BCUT2D eigenvalue weighted by atomic mass is 16.7. The van der Waals surface area contributed by atoms with E-state index in [-0.39, 0.29) is 19.5 Å². The van der Waals surface area contributed by atoms with Crippen LogP contribution in [0.1, 0.15) is 30.9 Å². The van der Waals surface area contributed by atoms with Crippen molar-refractivity contribution in [2.75, 3.05) is 41.5 Å². The number of ether oxygens (including phenoxy) is 5. The second-order valence-electron chi connectivity index (χ2n) is 6.51. The molecule has 0 saturated carbocycles. The lowest BCUT2D eigenvalue weighted by molar-refractivity contribution is 0.0456. The van der Waals surface area contributed by atoms with Gasteiger partial charge in [0.1, 0.15) is 11.5 Å². The summed E-state index contributed by atoms with van der Waals surface area (Å²) in [6, 6.07) is 12.2. The Bertz CT molecular complexity index is 698. The first kappa shape index (κ1) is 21.2. The summed E-state index contributed by atoms with van der Waals surface area (Å²) in [6.45, 7) is 5.27. The van der Waals surface area contributed by atoms with E-state index in [2.05, 4.69) is 26.0 Å². The van der Waals surface area contributed by atoms with E-state index in [0.717, 1.165) is 40.2 Å². The quantitative estimate of drug-likeness (QED) is 0.537. The van der Waals surface area contributed by atoms with Crippen LogP contribution in [0.5, 0.6) is 11.5 Å². The summed E-state index contributed by atoms with van der Waals surface area (Å²) in [6.07, 6.45) is 0.752. The van der Waals surface area contributed by atoms with Gasteiger partial charge in [-0.1, -0.05) is 44.2 Å². The minimum atomic E-state index is 0.161. The van der Waals surface area contributed by atoms with Crippen LogP contribution in [-0.4, -0.2) is 41.5 Å². The predicted octanol–water partition coefficient (Wildman–Crippen LogP) is 4.63. The van der Waals surface area contributed by atoms with E-state index in [9.17, 15) is 0 Å². The highest BCUT2D eigenvalue weighted by molar-refractivity contribution is 5.77. The summed E-state index contributed by atoms with van der Waals surface area (Å²) >= 11 is 0. The Morgan fingerprint density at radius 3 is 2.00 bits per heavy atom. The highest BCUT2D eigenvalue weighted by Crippen LogP contribution is 2.43. The van der Waals surface area contributed by atoms with Gasteiger partial charge in [0.05, 0.1) is 6.61 Å². The van der Waals surface area contributed by atoms with Gasteiger partial charge in [-0.25, -0.2) is 0 Å². The Morgan fingerprint density at radius 1 is 0.815 bits per heavy atom. The van der Waals surface area contributed by atoms with Gasteiger partial charge in [0.2, 0.25) is 0 Å². The molecule has 5 nitrogen and oxygen atoms in total. The van der Waals surface area contributed by atoms with Gasteiger partial charge in [-0.3, -0.25) is 0 Å². The molecule has 0 N–H and O–H groups in total. The molecule has 0 aromatic heterocycles. The van der Waals surface area contributed by atoms with E-state index in [1.54, 1.807) is 21.3 Å². The molecule has 148 valence electrons. The molecule has 0 bridgehead atoms. The Labute approximate surface area is 162 Å². The number of methoxy groups -OCH3 is 3. The average molecular weight is 374 g/mol. The van der Waals surface area contributed by atoms with Gasteiger partial charge < -0.3 is 23.7 Å². The minimum absolute atomic E-state index is 0.161. The topological polar surface area (TPSA) is 46.2 Å². The molecular weight excluding hydrogens is 344 g/mol. The van der Waals surface area contributed by atoms with Crippen LogP contribution < -0.4 is 9.47 Å². The second kappa shape index (κ2) is 10.9. The number of rotatable bonds is 11. The summed E-state index contributed by atoms with van der Waals surface area (Å²) in [5.74, 6) is 1.76. The van der Waals surface area contributed by atoms with Crippen molar-refractivity contribution in [1.29, 1.82) is 0 Å². The van der Waals surface area contributed by atoms with E-state index in [1.807, 2.05) is 24.3 Å². The van der Waals surface area contributed by atoms with Crippen molar-refractivity contribution in [3.63, 3.8) is 0 Å². The molecule has 0 amide bonds. The Balaban J connectivity index is 2.72. The minimum Gasteiger partial charge on any atom is -0.467 e. The van der Waals surface area contributed by atoms with Crippen LogP contribution in [0.3, 0.4) is 0 Å². The molecule has 2 aromatic carbocycles. The highest BCUT2D eigenvalue weighted by Gasteiger charge is 2.23. The van der Waals surface area contributed by atoms with Crippen LogP contribution in [0.15, 0.2) is 36.4 Å². The van der Waals surface area contributed by atoms with Crippen molar-refractivity contribution >= 4 is 0 Å². The zero-order chi connectivity index (χ0) is 19.6. The SMILES string of the molecule is COCCc1c(-c2ccccc2)c(OCOC)cc(OCOC)c1C(C)C. The fourth-order valence-electron chi connectivity index (χ4n) is 3.20. The summed E-state index contributed by atoms with van der Waals surface area (Å²) in [5.41, 5.74) is 4.46. The van der Waals surface area contributed by atoms with Crippen molar-refractivity contribution in [1.82, 2.24) is 0 Å². The van der Waals surface area contributed by atoms with E-state index in [4.69, 9.17) is 23.7 Å². The first-order valence-corrected chi connectivity index (χ1v) is 9.11. The smallest absolute Gasteiger partial charge is 0.188 e. The summed E-state index contributed by atoms with van der Waals surface area (Å²) in [5, 5.41) is 0. The van der Waals surface area contributed by atoms with E-state index in [1.165, 1.54) is 0 Å². The van der Waals surface area contributed by atoms with Gasteiger partial charge in [-0.05, 0) is 23.5 Å². The lowest BCUT2D eigenvalue weighted by atomic mass is 9.87. The maximum absolute atomic E-state index is 5.93. The summed E-state index contributed by atoms with van der Waals surface area (Å²) < 4.78 is 27.5. The molecule has 0 unspecified atom stereocenters. The molecule has 0 aliphatic carbocycles. The monoisotopic (exact) mass is 374 g/mol. The molecule has 0 fully saturated rings. The molecular formula is C22H30O5. The summed E-state index contributed by atoms with van der Waals surface area (Å²) in [7, 11) is 4.94. The molecule has 2 aromatic rings. The van der Waals surface area contributed by atoms with Crippen molar-refractivity contribution in [3.05, 3.63) is 47.5 Å². The van der Waals surface area contributed by atoms with Crippen molar-refractivity contribution in [2.45, 2.75) is 26.2 Å². The standard InChI is InChI=1S/C22H30O5/c1-16(2)21-18(11-12-23-3)22(17-9-7-6-8-10-17)20(27-15-25-5)13-19(21)26-14-24-4/h6-10,13,16H,11-12,14-15H2,1-5H3. The van der Waals surface area contributed by atoms with Gasteiger partial charge in [0.15, 0.2) is 13.6 Å². The Hall–Kier alpha value is -2.08. The van der Waals surface area contributed by atoms with Gasteiger partial charge in [0, 0.05) is 38.5 Å². The normalized spacial score (nSPS) is 11.0. The number of hydrogen-bond donors (Lipinski definition) is 0. The van der Waals surface area contributed by atoms with Gasteiger partial charge in [0.25, 0.3) is 0 Å². The van der Waals surface area contributed by atoms with Gasteiger partial charge in [-0.2, -0.15) is 0 Å². The maximum atomic E-state index is 5.93. The van der Waals surface area contributed by atoms with E-state index < -0.39 is 0 Å². The van der Waals surface area contributed by atoms with Crippen LogP contribution in [0.25, 0.3) is 11.1 Å². The van der Waals surface area contributed by atoms with Crippen LogP contribution in [0.2, 0.25) is 0 Å². The maximum Gasteiger partial charge on any atom is 0.188 e. The fourth-order valence-corrected chi connectivity index (χ4v) is 3.20. The molecule has 0 radical (unpaired) electrons. The third-order valence-corrected chi connectivity index (χ3v) is 4.26. The Kier molecular flexibility index (Phi) is 8.58. The van der Waals surface area contributed by atoms with Crippen LogP contribution in [0, 0.1) is 0 Å². The number of hydrogen-bond acceptors (Lipinski definition) is 5. The molecule has 27 heavy (non-hydrogen) atoms. The molecule has 0 atom stereocenters. The predicted molar refractivity (Wildman–Crippen MR) is 107 cm³/mol. The van der Waals surface area contributed by atoms with Gasteiger partial charge >= 0.3 is 0 Å². The molecule has 0 saturated heterocycles. The average Bonchev–Trinajstić information content (AvgIpc) is 2.68. The van der Waals surface area contributed by atoms with E-state index >= 15 is 0 Å². The van der Waals surface area contributed by atoms with Crippen LogP contribution in [0.4, 0.5) is 0 Å². The van der Waals surface area contributed by atoms with Crippen LogP contribution >= 0.6 is 0 Å². The van der Waals surface area contributed by atoms with Gasteiger partial charge in [-0.15, -0.1) is 0 Å². The first-order chi connectivity index (χ1) is 13.1. The molecule has 0 spiro atoms. The summed E-state index contributed by atoms with van der Waals surface area (Å²) in [4.78, 5) is 0. The first-order valence-electron chi connectivity index (χ1n) is 9.11. The second-order valence-corrected chi connectivity index (χ2v) is 6.51. The number of benzene rings is 2. The molecule has 5 heteroatoms. The zero-order valence-corrected chi connectivity index (χ0v) is 16.9. The third-order valence-electron chi connectivity index (χ3n) is 4.26. The molecule has 0 aliphatic rings. The largest absolute Gasteiger partial charge is 0.467 e. The molecule has 0 heterocycles. The van der Waals surface area contributed by atoms with E-state index in [0.29, 0.717) is 6.61 Å². The lowest BCUT2D eigenvalue weighted by Crippen LogP contribution is -2.11.